The highest BCUT2D eigenvalue weighted by Gasteiger charge is 2.68. The molecule has 0 saturated carbocycles. The summed E-state index contributed by atoms with van der Waals surface area (Å²) < 4.78 is 56.8. The van der Waals surface area contributed by atoms with E-state index < -0.39 is 52.0 Å². The second-order valence-electron chi connectivity index (χ2n) is 6.69. The molecule has 13 heteroatoms. The zero-order chi connectivity index (χ0) is 23.3. The SMILES string of the molecule is O=C(N[C@]1(C(F)(F)F)C(=O)Nc2c1c(=O)[nH]c(=O)n2-c1ccc(F)cc1)c1ccncc1. The fourth-order valence-electron chi connectivity index (χ4n) is 3.36. The monoisotopic (exact) mass is 449 g/mol. The third-order valence-electron chi connectivity index (χ3n) is 4.81. The molecule has 4 rings (SSSR count). The van der Waals surface area contributed by atoms with Gasteiger partial charge in [-0.3, -0.25) is 24.4 Å². The Kier molecular flexibility index (Phi) is 4.68. The van der Waals surface area contributed by atoms with Crippen molar-refractivity contribution in [2.45, 2.75) is 11.7 Å². The smallest absolute Gasteiger partial charge is 0.326 e. The van der Waals surface area contributed by atoms with Crippen LogP contribution in [0.1, 0.15) is 15.9 Å². The Morgan fingerprint density at radius 3 is 2.25 bits per heavy atom. The number of alkyl halides is 3. The zero-order valence-electron chi connectivity index (χ0n) is 15.7. The van der Waals surface area contributed by atoms with Gasteiger partial charge in [0.05, 0.1) is 5.69 Å². The molecule has 0 saturated heterocycles. The van der Waals surface area contributed by atoms with Crippen LogP contribution in [0.3, 0.4) is 0 Å². The highest BCUT2D eigenvalue weighted by atomic mass is 19.4. The maximum absolute atomic E-state index is 14.3. The average molecular weight is 449 g/mol. The number of H-pyrrole nitrogens is 1. The third kappa shape index (κ3) is 3.05. The van der Waals surface area contributed by atoms with Crippen LogP contribution in [0.15, 0.2) is 58.4 Å². The van der Waals surface area contributed by atoms with E-state index in [0.717, 1.165) is 48.8 Å². The molecule has 9 nitrogen and oxygen atoms in total. The number of anilines is 1. The molecule has 0 radical (unpaired) electrons. The standard InChI is InChI=1S/C19H11F4N5O4/c20-10-1-3-11(4-2-10)28-13-12(15(30)26-17(28)32)18(16(31)25-13,19(21,22)23)27-14(29)9-5-7-24-8-6-9/h1-8H,(H,25,31)(H,27,29)(H,26,30,32)/t18-/m0/s1. The lowest BCUT2D eigenvalue weighted by molar-refractivity contribution is -0.196. The predicted molar refractivity (Wildman–Crippen MR) is 101 cm³/mol. The molecule has 3 N–H and O–H groups in total. The molecule has 0 aliphatic carbocycles. The molecular weight excluding hydrogens is 438 g/mol. The quantitative estimate of drug-likeness (QED) is 0.518. The summed E-state index contributed by atoms with van der Waals surface area (Å²) in [6, 6.07) is 6.19. The Balaban J connectivity index is 1.98. The number of nitrogens with zero attached hydrogens (tertiary/aromatic N) is 2. The summed E-state index contributed by atoms with van der Waals surface area (Å²) in [5.41, 5.74) is -8.14. The summed E-state index contributed by atoms with van der Waals surface area (Å²) in [5, 5.41) is 3.48. The maximum atomic E-state index is 14.3. The van der Waals surface area contributed by atoms with Crippen LogP contribution in [-0.4, -0.2) is 32.5 Å². The van der Waals surface area contributed by atoms with Crippen LogP contribution < -0.4 is 21.9 Å². The van der Waals surface area contributed by atoms with Gasteiger partial charge in [-0.15, -0.1) is 0 Å². The Labute approximate surface area is 174 Å². The fraction of sp³-hybridized carbons (Fsp3) is 0.105. The minimum absolute atomic E-state index is 0.136. The highest BCUT2D eigenvalue weighted by molar-refractivity contribution is 6.09. The van der Waals surface area contributed by atoms with Crippen LogP contribution in [0.5, 0.6) is 0 Å². The number of carbonyl (C=O) groups excluding carboxylic acids is 2. The van der Waals surface area contributed by atoms with Crippen molar-refractivity contribution in [1.29, 1.82) is 0 Å². The molecule has 2 aromatic heterocycles. The van der Waals surface area contributed by atoms with Crippen molar-refractivity contribution < 1.29 is 27.2 Å². The van der Waals surface area contributed by atoms with Gasteiger partial charge in [-0.2, -0.15) is 13.2 Å². The lowest BCUT2D eigenvalue weighted by atomic mass is 9.91. The van der Waals surface area contributed by atoms with Crippen molar-refractivity contribution in [2.75, 3.05) is 5.32 Å². The first-order valence-electron chi connectivity index (χ1n) is 8.83. The van der Waals surface area contributed by atoms with E-state index >= 15 is 0 Å². The van der Waals surface area contributed by atoms with Crippen LogP contribution in [-0.2, 0) is 10.3 Å². The predicted octanol–water partition coefficient (Wildman–Crippen LogP) is 1.20. The van der Waals surface area contributed by atoms with Crippen LogP contribution in [0.4, 0.5) is 23.4 Å². The fourth-order valence-corrected chi connectivity index (χ4v) is 3.36. The molecule has 0 fully saturated rings. The number of nitrogens with one attached hydrogen (secondary N) is 3. The van der Waals surface area contributed by atoms with Crippen molar-refractivity contribution in [1.82, 2.24) is 19.9 Å². The van der Waals surface area contributed by atoms with Gasteiger partial charge in [-0.25, -0.2) is 13.8 Å². The first-order chi connectivity index (χ1) is 15.1. The number of carbonyl (C=O) groups is 2. The first-order valence-corrected chi connectivity index (χ1v) is 8.83. The largest absolute Gasteiger partial charge is 0.425 e. The lowest BCUT2D eigenvalue weighted by Crippen LogP contribution is -2.62. The molecule has 3 heterocycles. The van der Waals surface area contributed by atoms with Gasteiger partial charge in [0.1, 0.15) is 17.2 Å². The summed E-state index contributed by atoms with van der Waals surface area (Å²) in [5.74, 6) is -4.61. The van der Waals surface area contributed by atoms with Gasteiger partial charge in [-0.05, 0) is 36.4 Å². The number of halogens is 4. The topological polar surface area (TPSA) is 126 Å². The molecular formula is C19H11F4N5O4. The summed E-state index contributed by atoms with van der Waals surface area (Å²) in [4.78, 5) is 55.5. The van der Waals surface area contributed by atoms with Gasteiger partial charge >= 0.3 is 11.9 Å². The molecule has 0 unspecified atom stereocenters. The van der Waals surface area contributed by atoms with Crippen molar-refractivity contribution in [2.24, 2.45) is 0 Å². The van der Waals surface area contributed by atoms with Crippen molar-refractivity contribution in [3.63, 3.8) is 0 Å². The van der Waals surface area contributed by atoms with Crippen molar-refractivity contribution in [3.8, 4) is 5.69 Å². The number of hydrogen-bond donors (Lipinski definition) is 3. The van der Waals surface area contributed by atoms with Gasteiger partial charge in [0.2, 0.25) is 0 Å². The summed E-state index contributed by atoms with van der Waals surface area (Å²) in [6.07, 6.45) is -3.18. The van der Waals surface area contributed by atoms with Gasteiger partial charge in [-0.1, -0.05) is 0 Å². The van der Waals surface area contributed by atoms with Crippen molar-refractivity contribution in [3.05, 3.63) is 86.6 Å². The molecule has 0 spiro atoms. The van der Waals surface area contributed by atoms with E-state index in [1.54, 1.807) is 10.3 Å². The number of pyridine rings is 1. The Bertz CT molecular complexity index is 1350. The molecule has 1 aromatic carbocycles. The summed E-state index contributed by atoms with van der Waals surface area (Å²) >= 11 is 0. The second-order valence-corrected chi connectivity index (χ2v) is 6.69. The van der Waals surface area contributed by atoms with Gasteiger partial charge in [0.25, 0.3) is 22.9 Å². The maximum Gasteiger partial charge on any atom is 0.425 e. The highest BCUT2D eigenvalue weighted by Crippen LogP contribution is 2.45. The zero-order valence-corrected chi connectivity index (χ0v) is 15.7. The van der Waals surface area contributed by atoms with E-state index in [1.807, 2.05) is 5.32 Å². The van der Waals surface area contributed by atoms with Gasteiger partial charge in [0.15, 0.2) is 0 Å². The van der Waals surface area contributed by atoms with E-state index in [0.29, 0.717) is 4.57 Å². The summed E-state index contributed by atoms with van der Waals surface area (Å²) in [6.45, 7) is 0. The molecule has 164 valence electrons. The summed E-state index contributed by atoms with van der Waals surface area (Å²) in [7, 11) is 0. The minimum Gasteiger partial charge on any atom is -0.326 e. The number of rotatable bonds is 3. The van der Waals surface area contributed by atoms with Crippen LogP contribution >= 0.6 is 0 Å². The molecule has 1 aliphatic heterocycles. The van der Waals surface area contributed by atoms with Crippen LogP contribution in [0.2, 0.25) is 0 Å². The number of fused-ring (bicyclic) bond motifs is 1. The Morgan fingerprint density at radius 2 is 1.66 bits per heavy atom. The minimum atomic E-state index is -5.48. The van der Waals surface area contributed by atoms with Gasteiger partial charge < -0.3 is 10.6 Å². The molecule has 1 aliphatic rings. The third-order valence-corrected chi connectivity index (χ3v) is 4.81. The molecule has 2 amide bonds. The van der Waals surface area contributed by atoms with Crippen molar-refractivity contribution >= 4 is 17.6 Å². The van der Waals surface area contributed by atoms with Crippen LogP contribution in [0.25, 0.3) is 5.69 Å². The molecule has 0 bridgehead atoms. The lowest BCUT2D eigenvalue weighted by Gasteiger charge is -2.30. The number of amides is 2. The van der Waals surface area contributed by atoms with Gasteiger partial charge in [0, 0.05) is 18.0 Å². The van der Waals surface area contributed by atoms with E-state index in [2.05, 4.69) is 4.98 Å². The average Bonchev–Trinajstić information content (AvgIpc) is 3.03. The second kappa shape index (κ2) is 7.14. The Morgan fingerprint density at radius 1 is 1.03 bits per heavy atom. The molecule has 3 aromatic rings. The van der Waals surface area contributed by atoms with Crippen LogP contribution in [0, 0.1) is 5.82 Å². The normalized spacial score (nSPS) is 17.6. The van der Waals surface area contributed by atoms with E-state index in [9.17, 15) is 36.7 Å². The number of aromatic amines is 1. The number of hydrogen-bond acceptors (Lipinski definition) is 5. The first kappa shape index (κ1) is 21.0. The molecule has 1 atom stereocenters. The van der Waals surface area contributed by atoms with E-state index in [4.69, 9.17) is 0 Å². The molecule has 32 heavy (non-hydrogen) atoms. The van der Waals surface area contributed by atoms with E-state index in [1.165, 1.54) is 0 Å². The number of benzene rings is 1. The number of aromatic nitrogens is 3. The Hall–Kier alpha value is -4.29. The van der Waals surface area contributed by atoms with E-state index in [-0.39, 0.29) is 11.3 Å².